The molecule has 18 heavy (non-hydrogen) atoms. The van der Waals surface area contributed by atoms with E-state index >= 15 is 0 Å². The van der Waals surface area contributed by atoms with Crippen molar-refractivity contribution in [1.29, 1.82) is 0 Å². The topological polar surface area (TPSA) is 83.4 Å². The van der Waals surface area contributed by atoms with E-state index in [1.807, 2.05) is 6.07 Å². The molecule has 0 amide bonds. The molecule has 1 fully saturated rings. The molecule has 0 bridgehead atoms. The Hall–Kier alpha value is -2.02. The van der Waals surface area contributed by atoms with Crippen molar-refractivity contribution in [3.8, 4) is 11.5 Å². The van der Waals surface area contributed by atoms with Gasteiger partial charge in [-0.3, -0.25) is 0 Å². The third-order valence-corrected chi connectivity index (χ3v) is 2.19. The molecule has 0 aromatic heterocycles. The first-order valence-electron chi connectivity index (χ1n) is 5.48. The van der Waals surface area contributed by atoms with E-state index in [0.717, 1.165) is 6.61 Å². The number of hydrogen-bond donors (Lipinski definition) is 0. The summed E-state index contributed by atoms with van der Waals surface area (Å²) < 4.78 is 15.8. The van der Waals surface area contributed by atoms with Crippen LogP contribution in [-0.2, 0) is 9.57 Å². The first-order chi connectivity index (χ1) is 8.74. The zero-order valence-corrected chi connectivity index (χ0v) is 9.61. The molecule has 1 heterocycles. The molecule has 1 aliphatic heterocycles. The number of epoxide rings is 1. The normalized spacial score (nSPS) is 17.0. The van der Waals surface area contributed by atoms with Gasteiger partial charge in [-0.15, -0.1) is 10.1 Å². The predicted octanol–water partition coefficient (Wildman–Crippen LogP) is 1.05. The molecular formula is C11H13NO6. The zero-order valence-electron chi connectivity index (χ0n) is 9.61. The first-order valence-corrected chi connectivity index (χ1v) is 5.48. The fourth-order valence-electron chi connectivity index (χ4n) is 1.28. The largest absolute Gasteiger partial charge is 0.491 e. The van der Waals surface area contributed by atoms with Gasteiger partial charge in [0.15, 0.2) is 0 Å². The van der Waals surface area contributed by atoms with Gasteiger partial charge in [0.1, 0.15) is 37.4 Å². The summed E-state index contributed by atoms with van der Waals surface area (Å²) in [5.41, 5.74) is 0. The van der Waals surface area contributed by atoms with Crippen LogP contribution in [0.4, 0.5) is 0 Å². The second-order valence-corrected chi connectivity index (χ2v) is 3.65. The summed E-state index contributed by atoms with van der Waals surface area (Å²) in [5.74, 6) is 1.26. The van der Waals surface area contributed by atoms with Crippen LogP contribution in [0.2, 0.25) is 0 Å². The fraction of sp³-hybridized carbons (Fsp3) is 0.455. The highest BCUT2D eigenvalue weighted by molar-refractivity contribution is 5.32. The Kier molecular flexibility index (Phi) is 4.19. The van der Waals surface area contributed by atoms with Gasteiger partial charge in [-0.05, 0) is 12.1 Å². The van der Waals surface area contributed by atoms with Crippen LogP contribution in [0.5, 0.6) is 11.5 Å². The molecule has 1 aromatic rings. The summed E-state index contributed by atoms with van der Waals surface area (Å²) in [6.07, 6.45) is 0.197. The third-order valence-electron chi connectivity index (χ3n) is 2.19. The molecule has 0 spiro atoms. The maximum atomic E-state index is 9.92. The molecule has 7 heteroatoms. The van der Waals surface area contributed by atoms with Crippen molar-refractivity contribution in [3.05, 3.63) is 34.4 Å². The highest BCUT2D eigenvalue weighted by Gasteiger charge is 2.23. The standard InChI is InChI=1S/C11H13NO6/c13-12(14)18-5-4-15-9-2-1-3-10(6-9)16-7-11-8-17-11/h1-3,6,11H,4-5,7-8H2. The molecule has 0 radical (unpaired) electrons. The van der Waals surface area contributed by atoms with E-state index in [1.165, 1.54) is 0 Å². The van der Waals surface area contributed by atoms with Gasteiger partial charge in [0, 0.05) is 6.07 Å². The van der Waals surface area contributed by atoms with Crippen molar-refractivity contribution in [2.75, 3.05) is 26.4 Å². The minimum atomic E-state index is -0.849. The van der Waals surface area contributed by atoms with E-state index in [9.17, 15) is 10.1 Å². The average Bonchev–Trinajstić information content (AvgIpc) is 3.17. The maximum Gasteiger partial charge on any atom is 0.294 e. The summed E-state index contributed by atoms with van der Waals surface area (Å²) in [6.45, 7) is 1.27. The molecule has 0 aliphatic carbocycles. The lowest BCUT2D eigenvalue weighted by atomic mass is 10.3. The smallest absolute Gasteiger partial charge is 0.294 e. The van der Waals surface area contributed by atoms with Gasteiger partial charge in [-0.2, -0.15) is 0 Å². The first kappa shape index (κ1) is 12.4. The molecule has 1 saturated heterocycles. The maximum absolute atomic E-state index is 9.92. The SMILES string of the molecule is O=[N+]([O-])OCCOc1cccc(OCC2CO2)c1. The predicted molar refractivity (Wildman–Crippen MR) is 60.1 cm³/mol. The average molecular weight is 255 g/mol. The lowest BCUT2D eigenvalue weighted by Crippen LogP contribution is -2.10. The molecule has 1 unspecified atom stereocenters. The molecule has 1 aromatic carbocycles. The Bertz CT molecular complexity index is 406. The van der Waals surface area contributed by atoms with Crippen molar-refractivity contribution in [3.63, 3.8) is 0 Å². The Morgan fingerprint density at radius 1 is 1.33 bits per heavy atom. The van der Waals surface area contributed by atoms with Crippen LogP contribution in [0, 0.1) is 10.1 Å². The van der Waals surface area contributed by atoms with Gasteiger partial charge in [0.2, 0.25) is 0 Å². The van der Waals surface area contributed by atoms with Crippen LogP contribution in [0.1, 0.15) is 0 Å². The van der Waals surface area contributed by atoms with Gasteiger partial charge in [0.25, 0.3) is 5.09 Å². The Balaban J connectivity index is 1.73. The van der Waals surface area contributed by atoms with E-state index in [0.29, 0.717) is 18.1 Å². The molecule has 98 valence electrons. The Morgan fingerprint density at radius 2 is 2.06 bits per heavy atom. The van der Waals surface area contributed by atoms with E-state index in [1.54, 1.807) is 18.2 Å². The highest BCUT2D eigenvalue weighted by Crippen LogP contribution is 2.20. The summed E-state index contributed by atoms with van der Waals surface area (Å²) in [5, 5.41) is 9.07. The zero-order chi connectivity index (χ0) is 12.8. The minimum Gasteiger partial charge on any atom is -0.491 e. The van der Waals surface area contributed by atoms with Crippen LogP contribution in [0.25, 0.3) is 0 Å². The van der Waals surface area contributed by atoms with Crippen LogP contribution in [0.3, 0.4) is 0 Å². The second-order valence-electron chi connectivity index (χ2n) is 3.65. The van der Waals surface area contributed by atoms with E-state index in [2.05, 4.69) is 4.84 Å². The van der Waals surface area contributed by atoms with Gasteiger partial charge in [-0.1, -0.05) is 6.07 Å². The van der Waals surface area contributed by atoms with Crippen molar-refractivity contribution >= 4 is 0 Å². The Morgan fingerprint density at radius 3 is 2.72 bits per heavy atom. The molecular weight excluding hydrogens is 242 g/mol. The van der Waals surface area contributed by atoms with Gasteiger partial charge >= 0.3 is 0 Å². The van der Waals surface area contributed by atoms with Crippen LogP contribution < -0.4 is 9.47 Å². The monoisotopic (exact) mass is 255 g/mol. The molecule has 0 N–H and O–H groups in total. The third kappa shape index (κ3) is 4.46. The van der Waals surface area contributed by atoms with E-state index in [4.69, 9.17) is 14.2 Å². The minimum absolute atomic E-state index is 0.103. The highest BCUT2D eigenvalue weighted by atomic mass is 17.0. The Labute approximate surface area is 103 Å². The molecule has 7 nitrogen and oxygen atoms in total. The quantitative estimate of drug-likeness (QED) is 0.299. The van der Waals surface area contributed by atoms with E-state index < -0.39 is 5.09 Å². The summed E-state index contributed by atoms with van der Waals surface area (Å²) in [6, 6.07) is 7.05. The number of ether oxygens (including phenoxy) is 3. The van der Waals surface area contributed by atoms with Crippen molar-refractivity contribution < 1.29 is 24.1 Å². The number of benzene rings is 1. The van der Waals surface area contributed by atoms with Crippen LogP contribution in [-0.4, -0.2) is 37.6 Å². The lowest BCUT2D eigenvalue weighted by molar-refractivity contribution is -0.757. The van der Waals surface area contributed by atoms with Crippen molar-refractivity contribution in [2.24, 2.45) is 0 Å². The number of nitrogens with zero attached hydrogens (tertiary/aromatic N) is 1. The number of hydrogen-bond acceptors (Lipinski definition) is 6. The summed E-state index contributed by atoms with van der Waals surface area (Å²) in [7, 11) is 0. The second kappa shape index (κ2) is 6.06. The van der Waals surface area contributed by atoms with Crippen LogP contribution in [0.15, 0.2) is 24.3 Å². The fourth-order valence-corrected chi connectivity index (χ4v) is 1.28. The molecule has 1 atom stereocenters. The summed E-state index contributed by atoms with van der Waals surface area (Å²) in [4.78, 5) is 14.0. The van der Waals surface area contributed by atoms with Crippen molar-refractivity contribution in [2.45, 2.75) is 6.10 Å². The van der Waals surface area contributed by atoms with E-state index in [-0.39, 0.29) is 19.3 Å². The molecule has 2 rings (SSSR count). The summed E-state index contributed by atoms with van der Waals surface area (Å²) >= 11 is 0. The van der Waals surface area contributed by atoms with Gasteiger partial charge in [0.05, 0.1) is 6.61 Å². The van der Waals surface area contributed by atoms with Gasteiger partial charge in [-0.25, -0.2) is 0 Å². The molecule has 0 saturated carbocycles. The number of rotatable bonds is 8. The lowest BCUT2D eigenvalue weighted by Gasteiger charge is -2.08. The van der Waals surface area contributed by atoms with Crippen molar-refractivity contribution in [1.82, 2.24) is 0 Å². The van der Waals surface area contributed by atoms with Gasteiger partial charge < -0.3 is 19.0 Å². The van der Waals surface area contributed by atoms with Crippen LogP contribution >= 0.6 is 0 Å². The molecule has 1 aliphatic rings.